The van der Waals surface area contributed by atoms with Gasteiger partial charge >= 0.3 is 220 Å². The molecule has 0 heterocycles. The van der Waals surface area contributed by atoms with E-state index in [1.165, 1.54) is 12.1 Å². The standard InChI is InChI=1S/C30H28ClF3NOP/c31-37(26-12-4-1-5-13-26,27-14-6-2-7-15-27,28-16-8-3-9-17-28)23-11-10-22-35-29(36)24-18-20-25(21-19-24)30(32,33)34/h1-9,12-21H,10-11,22-23H2,(H,35,36). The first-order valence-corrected chi connectivity index (χ1v) is 15.4. The second-order valence-corrected chi connectivity index (χ2v) is 15.6. The van der Waals surface area contributed by atoms with Crippen LogP contribution in [0.15, 0.2) is 115 Å². The topological polar surface area (TPSA) is 29.1 Å². The van der Waals surface area contributed by atoms with Gasteiger partial charge in [0, 0.05) is 0 Å². The van der Waals surface area contributed by atoms with Crippen LogP contribution in [0.3, 0.4) is 0 Å². The summed E-state index contributed by atoms with van der Waals surface area (Å²) in [5, 5.41) is 6.08. The molecule has 0 atom stereocenters. The van der Waals surface area contributed by atoms with Crippen molar-refractivity contribution in [1.82, 2.24) is 5.32 Å². The van der Waals surface area contributed by atoms with Crippen LogP contribution in [0.25, 0.3) is 0 Å². The van der Waals surface area contributed by atoms with Crippen LogP contribution in [0.4, 0.5) is 13.2 Å². The van der Waals surface area contributed by atoms with Gasteiger partial charge in [0.05, 0.1) is 0 Å². The van der Waals surface area contributed by atoms with Gasteiger partial charge in [-0.05, 0) is 0 Å². The first kappa shape index (κ1) is 26.9. The number of rotatable bonds is 9. The van der Waals surface area contributed by atoms with Gasteiger partial charge in [-0.3, -0.25) is 0 Å². The minimum atomic E-state index is -4.43. The third-order valence-electron chi connectivity index (χ3n) is 6.65. The Morgan fingerprint density at radius 1 is 0.676 bits per heavy atom. The molecule has 0 aromatic heterocycles. The molecule has 0 saturated heterocycles. The predicted octanol–water partition coefficient (Wildman–Crippen LogP) is 6.90. The van der Waals surface area contributed by atoms with Crippen LogP contribution in [0.2, 0.25) is 0 Å². The van der Waals surface area contributed by atoms with Crippen LogP contribution in [0.1, 0.15) is 28.8 Å². The summed E-state index contributed by atoms with van der Waals surface area (Å²) in [7, 11) is 0. The molecule has 0 radical (unpaired) electrons. The molecule has 7 heteroatoms. The number of carbonyl (C=O) groups is 1. The fraction of sp³-hybridized carbons (Fsp3) is 0.167. The third kappa shape index (κ3) is 5.58. The first-order valence-electron chi connectivity index (χ1n) is 12.1. The Labute approximate surface area is 220 Å². The van der Waals surface area contributed by atoms with Gasteiger partial charge in [-0.15, -0.1) is 0 Å². The van der Waals surface area contributed by atoms with E-state index in [4.69, 9.17) is 11.2 Å². The summed E-state index contributed by atoms with van der Waals surface area (Å²) in [6, 6.07) is 34.8. The second kappa shape index (κ2) is 11.1. The molecule has 192 valence electrons. The molecule has 0 aliphatic carbocycles. The number of unbranched alkanes of at least 4 members (excludes halogenated alkanes) is 1. The van der Waals surface area contributed by atoms with Gasteiger partial charge in [-0.2, -0.15) is 0 Å². The number of nitrogens with one attached hydrogen (secondary N) is 1. The van der Waals surface area contributed by atoms with E-state index < -0.39 is 23.6 Å². The van der Waals surface area contributed by atoms with E-state index in [0.717, 1.165) is 34.5 Å². The molecular weight excluding hydrogens is 514 g/mol. The van der Waals surface area contributed by atoms with E-state index in [1.54, 1.807) is 0 Å². The molecule has 0 aliphatic heterocycles. The fourth-order valence-corrected chi connectivity index (χ4v) is 10.9. The van der Waals surface area contributed by atoms with Crippen molar-refractivity contribution < 1.29 is 18.0 Å². The van der Waals surface area contributed by atoms with Crippen molar-refractivity contribution in [2.45, 2.75) is 19.0 Å². The normalized spacial score (nSPS) is 12.9. The summed E-state index contributed by atoms with van der Waals surface area (Å²) in [6.07, 6.45) is -2.32. The van der Waals surface area contributed by atoms with Crippen molar-refractivity contribution in [3.05, 3.63) is 126 Å². The zero-order valence-electron chi connectivity index (χ0n) is 20.2. The fourth-order valence-electron chi connectivity index (χ4n) is 4.70. The zero-order chi connectivity index (χ0) is 26.4. The molecule has 0 aliphatic rings. The van der Waals surface area contributed by atoms with Crippen molar-refractivity contribution in [3.8, 4) is 0 Å². The molecule has 4 aromatic rings. The average Bonchev–Trinajstić information content (AvgIpc) is 2.94. The van der Waals surface area contributed by atoms with E-state index in [1.807, 2.05) is 54.6 Å². The summed E-state index contributed by atoms with van der Waals surface area (Å²) in [6.45, 7) is 0.390. The zero-order valence-corrected chi connectivity index (χ0v) is 21.8. The Morgan fingerprint density at radius 3 is 1.51 bits per heavy atom. The van der Waals surface area contributed by atoms with E-state index >= 15 is 0 Å². The number of alkyl halides is 3. The maximum atomic E-state index is 12.8. The van der Waals surface area contributed by atoms with Crippen LogP contribution in [-0.4, -0.2) is 18.6 Å². The van der Waals surface area contributed by atoms with Crippen molar-refractivity contribution in [3.63, 3.8) is 0 Å². The Kier molecular flexibility index (Phi) is 8.06. The summed E-state index contributed by atoms with van der Waals surface area (Å²) in [5.74, 6) is -3.75. The summed E-state index contributed by atoms with van der Waals surface area (Å²) in [4.78, 5) is 12.5. The number of halogens is 4. The van der Waals surface area contributed by atoms with Gasteiger partial charge in [-0.1, -0.05) is 0 Å². The van der Waals surface area contributed by atoms with Crippen LogP contribution in [-0.2, 0) is 6.18 Å². The second-order valence-electron chi connectivity index (χ2n) is 8.95. The molecule has 0 fully saturated rings. The molecule has 0 saturated carbocycles. The maximum absolute atomic E-state index is 12.8. The minimum absolute atomic E-state index is 0.197. The number of hydrogen-bond acceptors (Lipinski definition) is 1. The molecular formula is C30H28ClF3NOP. The number of amides is 1. The molecule has 2 nitrogen and oxygen atoms in total. The van der Waals surface area contributed by atoms with Gasteiger partial charge < -0.3 is 0 Å². The van der Waals surface area contributed by atoms with Gasteiger partial charge in [0.25, 0.3) is 0 Å². The van der Waals surface area contributed by atoms with Crippen LogP contribution in [0, 0.1) is 0 Å². The summed E-state index contributed by atoms with van der Waals surface area (Å²) >= 11 is 8.01. The molecule has 37 heavy (non-hydrogen) atoms. The summed E-state index contributed by atoms with van der Waals surface area (Å²) < 4.78 is 38.4. The molecule has 0 unspecified atom stereocenters. The molecule has 4 aromatic carbocycles. The van der Waals surface area contributed by atoms with Crippen molar-refractivity contribution in [1.29, 1.82) is 0 Å². The third-order valence-corrected chi connectivity index (χ3v) is 14.2. The van der Waals surface area contributed by atoms with Gasteiger partial charge in [0.15, 0.2) is 0 Å². The van der Waals surface area contributed by atoms with E-state index in [0.29, 0.717) is 19.1 Å². The van der Waals surface area contributed by atoms with Gasteiger partial charge in [-0.25, -0.2) is 0 Å². The average molecular weight is 542 g/mol. The van der Waals surface area contributed by atoms with E-state index in [9.17, 15) is 18.0 Å². The summed E-state index contributed by atoms with van der Waals surface area (Å²) in [5.41, 5.74) is -0.581. The first-order chi connectivity index (χ1) is 17.7. The molecule has 0 bridgehead atoms. The molecule has 1 N–H and O–H groups in total. The Balaban J connectivity index is 1.53. The number of carbonyl (C=O) groups excluding carboxylic acids is 1. The van der Waals surface area contributed by atoms with Gasteiger partial charge in [0.2, 0.25) is 0 Å². The van der Waals surface area contributed by atoms with Crippen LogP contribution >= 0.6 is 17.2 Å². The molecule has 0 spiro atoms. The number of benzene rings is 4. The Morgan fingerprint density at radius 2 is 1.11 bits per heavy atom. The van der Waals surface area contributed by atoms with Gasteiger partial charge in [0.1, 0.15) is 0 Å². The van der Waals surface area contributed by atoms with Crippen LogP contribution in [0.5, 0.6) is 0 Å². The molecule has 1 amide bonds. The van der Waals surface area contributed by atoms with Crippen molar-refractivity contribution >= 4 is 39.0 Å². The number of hydrogen-bond donors (Lipinski definition) is 1. The van der Waals surface area contributed by atoms with E-state index in [-0.39, 0.29) is 5.56 Å². The quantitative estimate of drug-likeness (QED) is 0.181. The Hall–Kier alpha value is -3.14. The van der Waals surface area contributed by atoms with E-state index in [2.05, 4.69) is 41.7 Å². The van der Waals surface area contributed by atoms with Crippen molar-refractivity contribution in [2.24, 2.45) is 0 Å². The SMILES string of the molecule is O=C(NCCCCP(Cl)(c1ccccc1)(c1ccccc1)c1ccccc1)c1ccc(C(F)(F)F)cc1. The Bertz CT molecular complexity index is 1210. The van der Waals surface area contributed by atoms with Crippen molar-refractivity contribution in [2.75, 3.05) is 12.7 Å². The monoisotopic (exact) mass is 541 g/mol. The molecule has 4 rings (SSSR count). The van der Waals surface area contributed by atoms with Crippen LogP contribution < -0.4 is 21.2 Å². The predicted molar refractivity (Wildman–Crippen MR) is 149 cm³/mol.